The van der Waals surface area contributed by atoms with Crippen LogP contribution in [0.15, 0.2) is 24.4 Å². The fraction of sp³-hybridized carbons (Fsp3) is 0.308. The first-order valence-electron chi connectivity index (χ1n) is 5.40. The monoisotopic (exact) mass is 215 g/mol. The molecule has 0 bridgehead atoms. The molecule has 3 heteroatoms. The van der Waals surface area contributed by atoms with Crippen molar-refractivity contribution in [2.24, 2.45) is 7.05 Å². The summed E-state index contributed by atoms with van der Waals surface area (Å²) in [6.07, 6.45) is 2.01. The highest BCUT2D eigenvalue weighted by molar-refractivity contribution is 5.59. The Morgan fingerprint density at radius 2 is 1.94 bits per heavy atom. The Labute approximate surface area is 96.1 Å². The molecule has 84 valence electrons. The van der Waals surface area contributed by atoms with Gasteiger partial charge < -0.3 is 9.88 Å². The molecule has 1 aromatic carbocycles. The van der Waals surface area contributed by atoms with Crippen LogP contribution in [-0.4, -0.2) is 9.55 Å². The quantitative estimate of drug-likeness (QED) is 0.834. The van der Waals surface area contributed by atoms with Gasteiger partial charge in [0.05, 0.1) is 5.69 Å². The smallest absolute Gasteiger partial charge is 0.207 e. The van der Waals surface area contributed by atoms with Crippen molar-refractivity contribution in [3.8, 4) is 0 Å². The van der Waals surface area contributed by atoms with E-state index in [1.54, 1.807) is 0 Å². The zero-order valence-electron chi connectivity index (χ0n) is 10.2. The predicted molar refractivity (Wildman–Crippen MR) is 67.1 cm³/mol. The van der Waals surface area contributed by atoms with Gasteiger partial charge in [-0.25, -0.2) is 4.98 Å². The summed E-state index contributed by atoms with van der Waals surface area (Å²) < 4.78 is 2.00. The van der Waals surface area contributed by atoms with Crippen LogP contribution < -0.4 is 5.32 Å². The van der Waals surface area contributed by atoms with Crippen molar-refractivity contribution in [1.82, 2.24) is 9.55 Å². The topological polar surface area (TPSA) is 29.9 Å². The molecule has 2 aromatic rings. The Morgan fingerprint density at radius 1 is 1.19 bits per heavy atom. The lowest BCUT2D eigenvalue weighted by Gasteiger charge is -2.09. The van der Waals surface area contributed by atoms with Gasteiger partial charge in [-0.2, -0.15) is 0 Å². The van der Waals surface area contributed by atoms with Crippen LogP contribution in [0.3, 0.4) is 0 Å². The number of anilines is 2. The maximum atomic E-state index is 4.43. The van der Waals surface area contributed by atoms with Crippen LogP contribution in [-0.2, 0) is 7.05 Å². The summed E-state index contributed by atoms with van der Waals surface area (Å²) in [7, 11) is 1.99. The van der Waals surface area contributed by atoms with E-state index in [0.29, 0.717) is 0 Å². The number of nitrogens with one attached hydrogen (secondary N) is 1. The van der Waals surface area contributed by atoms with E-state index in [1.165, 1.54) is 11.1 Å². The number of rotatable bonds is 2. The van der Waals surface area contributed by atoms with Crippen molar-refractivity contribution in [1.29, 1.82) is 0 Å². The molecule has 0 amide bonds. The lowest BCUT2D eigenvalue weighted by molar-refractivity contribution is 0.923. The molecule has 0 fully saturated rings. The van der Waals surface area contributed by atoms with Crippen LogP contribution in [0, 0.1) is 20.8 Å². The van der Waals surface area contributed by atoms with Gasteiger partial charge in [0.2, 0.25) is 5.95 Å². The number of hydrogen-bond donors (Lipinski definition) is 1. The van der Waals surface area contributed by atoms with Gasteiger partial charge in [0.1, 0.15) is 0 Å². The number of aromatic nitrogens is 2. The maximum absolute atomic E-state index is 4.43. The highest BCUT2D eigenvalue weighted by Gasteiger charge is 2.04. The van der Waals surface area contributed by atoms with E-state index < -0.39 is 0 Å². The Morgan fingerprint density at radius 3 is 2.56 bits per heavy atom. The van der Waals surface area contributed by atoms with E-state index in [0.717, 1.165) is 17.3 Å². The van der Waals surface area contributed by atoms with Crippen LogP contribution in [0.1, 0.15) is 16.8 Å². The standard InChI is InChI=1S/C13H17N3/c1-9-5-6-10(2)12(7-9)15-13-14-11(3)8-16(13)4/h5-8H,1-4H3,(H,14,15). The second-order valence-electron chi connectivity index (χ2n) is 4.26. The molecule has 1 aromatic heterocycles. The number of benzene rings is 1. The van der Waals surface area contributed by atoms with Gasteiger partial charge in [0.25, 0.3) is 0 Å². The summed E-state index contributed by atoms with van der Waals surface area (Å²) >= 11 is 0. The molecule has 1 heterocycles. The third-order valence-corrected chi connectivity index (χ3v) is 2.64. The fourth-order valence-electron chi connectivity index (χ4n) is 1.72. The molecule has 0 saturated heterocycles. The third-order valence-electron chi connectivity index (χ3n) is 2.64. The molecule has 0 radical (unpaired) electrons. The van der Waals surface area contributed by atoms with Crippen LogP contribution in [0.4, 0.5) is 11.6 Å². The van der Waals surface area contributed by atoms with E-state index in [1.807, 2.05) is 24.7 Å². The summed E-state index contributed by atoms with van der Waals surface area (Å²) in [6.45, 7) is 6.18. The van der Waals surface area contributed by atoms with Gasteiger partial charge in [-0.3, -0.25) is 0 Å². The van der Waals surface area contributed by atoms with Gasteiger partial charge in [0, 0.05) is 18.9 Å². The molecule has 0 aliphatic heterocycles. The van der Waals surface area contributed by atoms with Crippen LogP contribution in [0.25, 0.3) is 0 Å². The summed E-state index contributed by atoms with van der Waals surface area (Å²) in [5.41, 5.74) is 4.62. The molecule has 2 rings (SSSR count). The average Bonchev–Trinajstić information content (AvgIpc) is 2.51. The summed E-state index contributed by atoms with van der Waals surface area (Å²) in [5.74, 6) is 0.881. The lowest BCUT2D eigenvalue weighted by Crippen LogP contribution is -2.00. The van der Waals surface area contributed by atoms with Crippen molar-refractivity contribution in [3.63, 3.8) is 0 Å². The van der Waals surface area contributed by atoms with Crippen molar-refractivity contribution in [3.05, 3.63) is 41.2 Å². The Bertz CT molecular complexity index is 512. The van der Waals surface area contributed by atoms with Crippen LogP contribution in [0.2, 0.25) is 0 Å². The van der Waals surface area contributed by atoms with Crippen LogP contribution in [0.5, 0.6) is 0 Å². The third kappa shape index (κ3) is 2.08. The van der Waals surface area contributed by atoms with E-state index in [-0.39, 0.29) is 0 Å². The summed E-state index contributed by atoms with van der Waals surface area (Å²) in [5, 5.41) is 3.35. The number of nitrogens with zero attached hydrogens (tertiary/aromatic N) is 2. The van der Waals surface area contributed by atoms with Crippen molar-refractivity contribution < 1.29 is 0 Å². The first-order valence-corrected chi connectivity index (χ1v) is 5.40. The molecule has 3 nitrogen and oxygen atoms in total. The largest absolute Gasteiger partial charge is 0.325 e. The highest BCUT2D eigenvalue weighted by atomic mass is 15.2. The van der Waals surface area contributed by atoms with E-state index in [9.17, 15) is 0 Å². The molecule has 0 unspecified atom stereocenters. The highest BCUT2D eigenvalue weighted by Crippen LogP contribution is 2.20. The molecule has 1 N–H and O–H groups in total. The predicted octanol–water partition coefficient (Wildman–Crippen LogP) is 3.09. The first kappa shape index (κ1) is 10.7. The molecule has 0 aliphatic carbocycles. The Kier molecular flexibility index (Phi) is 2.69. The van der Waals surface area contributed by atoms with Crippen LogP contribution >= 0.6 is 0 Å². The van der Waals surface area contributed by atoms with E-state index in [2.05, 4.69) is 42.3 Å². The van der Waals surface area contributed by atoms with Crippen molar-refractivity contribution in [2.75, 3.05) is 5.32 Å². The zero-order valence-corrected chi connectivity index (χ0v) is 10.2. The summed E-state index contributed by atoms with van der Waals surface area (Å²) in [4.78, 5) is 4.43. The normalized spacial score (nSPS) is 10.5. The number of imidazole rings is 1. The molecule has 0 saturated carbocycles. The minimum Gasteiger partial charge on any atom is -0.325 e. The fourth-order valence-corrected chi connectivity index (χ4v) is 1.72. The second kappa shape index (κ2) is 4.00. The molecular formula is C13H17N3. The van der Waals surface area contributed by atoms with E-state index in [4.69, 9.17) is 0 Å². The van der Waals surface area contributed by atoms with Crippen molar-refractivity contribution in [2.45, 2.75) is 20.8 Å². The number of hydrogen-bond acceptors (Lipinski definition) is 2. The molecule has 16 heavy (non-hydrogen) atoms. The molecule has 0 aliphatic rings. The number of aryl methyl sites for hydroxylation is 4. The van der Waals surface area contributed by atoms with Gasteiger partial charge in [-0.15, -0.1) is 0 Å². The van der Waals surface area contributed by atoms with Crippen molar-refractivity contribution >= 4 is 11.6 Å². The lowest BCUT2D eigenvalue weighted by atomic mass is 10.1. The van der Waals surface area contributed by atoms with E-state index >= 15 is 0 Å². The average molecular weight is 215 g/mol. The maximum Gasteiger partial charge on any atom is 0.207 e. The Hall–Kier alpha value is -1.77. The van der Waals surface area contributed by atoms with Gasteiger partial charge in [-0.05, 0) is 38.0 Å². The SMILES string of the molecule is Cc1ccc(C)c(Nc2nc(C)cn2C)c1. The first-order chi connectivity index (χ1) is 7.56. The van der Waals surface area contributed by atoms with Gasteiger partial charge >= 0.3 is 0 Å². The molecular weight excluding hydrogens is 198 g/mol. The Balaban J connectivity index is 2.33. The summed E-state index contributed by atoms with van der Waals surface area (Å²) in [6, 6.07) is 6.37. The molecule has 0 atom stereocenters. The minimum absolute atomic E-state index is 0.881. The van der Waals surface area contributed by atoms with Gasteiger partial charge in [-0.1, -0.05) is 12.1 Å². The zero-order chi connectivity index (χ0) is 11.7. The molecule has 0 spiro atoms. The second-order valence-corrected chi connectivity index (χ2v) is 4.26. The minimum atomic E-state index is 0.881. The van der Waals surface area contributed by atoms with Gasteiger partial charge in [0.15, 0.2) is 0 Å².